The van der Waals surface area contributed by atoms with E-state index in [1.54, 1.807) is 13.8 Å². The molecule has 0 saturated carbocycles. The summed E-state index contributed by atoms with van der Waals surface area (Å²) in [6.45, 7) is 7.62. The molecule has 0 saturated heterocycles. The monoisotopic (exact) mass is 312 g/mol. The molecule has 1 atom stereocenters. The zero-order chi connectivity index (χ0) is 17.1. The Bertz CT molecular complexity index is 754. The van der Waals surface area contributed by atoms with Gasteiger partial charge < -0.3 is 15.2 Å². The van der Waals surface area contributed by atoms with Crippen LogP contribution in [0.5, 0.6) is 0 Å². The summed E-state index contributed by atoms with van der Waals surface area (Å²) in [4.78, 5) is 12.4. The summed E-state index contributed by atoms with van der Waals surface area (Å²) < 4.78 is 10.5. The van der Waals surface area contributed by atoms with Crippen molar-refractivity contribution < 1.29 is 14.3 Å². The number of allylic oxidation sites excluding steroid dienone is 2. The number of benzene rings is 1. The maximum absolute atomic E-state index is 12.4. The van der Waals surface area contributed by atoms with Crippen molar-refractivity contribution in [2.45, 2.75) is 33.6 Å². The molecule has 5 nitrogen and oxygen atoms in total. The molecule has 120 valence electrons. The highest BCUT2D eigenvalue weighted by Crippen LogP contribution is 2.39. The molecule has 0 spiro atoms. The number of aryl methyl sites for hydroxylation is 2. The van der Waals surface area contributed by atoms with E-state index in [-0.39, 0.29) is 18.1 Å². The van der Waals surface area contributed by atoms with E-state index in [1.165, 1.54) is 0 Å². The first-order valence-electron chi connectivity index (χ1n) is 7.43. The van der Waals surface area contributed by atoms with Crippen molar-refractivity contribution in [3.63, 3.8) is 0 Å². The minimum Gasteiger partial charge on any atom is -0.463 e. The Balaban J connectivity index is 2.64. The van der Waals surface area contributed by atoms with Gasteiger partial charge in [0.15, 0.2) is 0 Å². The molecule has 1 unspecified atom stereocenters. The van der Waals surface area contributed by atoms with Crippen molar-refractivity contribution in [1.82, 2.24) is 0 Å². The fraction of sp³-hybridized carbons (Fsp3) is 0.333. The summed E-state index contributed by atoms with van der Waals surface area (Å²) in [5, 5.41) is 9.49. The number of hydrogen-bond acceptors (Lipinski definition) is 5. The SMILES string of the molecule is CCOC(=O)C1=C(C)OC(N)=C(C#N)C1c1ccc(C)c(C)c1. The Labute approximate surface area is 136 Å². The zero-order valence-electron chi connectivity index (χ0n) is 13.8. The van der Waals surface area contributed by atoms with Gasteiger partial charge in [0.2, 0.25) is 5.88 Å². The molecule has 1 aliphatic rings. The molecule has 0 aromatic heterocycles. The molecule has 0 aliphatic carbocycles. The number of nitrogens with two attached hydrogens (primary N) is 1. The normalized spacial score (nSPS) is 17.6. The molecule has 23 heavy (non-hydrogen) atoms. The second kappa shape index (κ2) is 6.57. The lowest BCUT2D eigenvalue weighted by atomic mass is 9.82. The van der Waals surface area contributed by atoms with Crippen molar-refractivity contribution >= 4 is 5.97 Å². The van der Waals surface area contributed by atoms with Crippen LogP contribution in [0.4, 0.5) is 0 Å². The smallest absolute Gasteiger partial charge is 0.338 e. The molecule has 1 aromatic carbocycles. The van der Waals surface area contributed by atoms with Crippen LogP contribution in [0.1, 0.15) is 36.5 Å². The topological polar surface area (TPSA) is 85.3 Å². The van der Waals surface area contributed by atoms with Crippen molar-refractivity contribution in [1.29, 1.82) is 5.26 Å². The summed E-state index contributed by atoms with van der Waals surface area (Å²) >= 11 is 0. The summed E-state index contributed by atoms with van der Waals surface area (Å²) in [7, 11) is 0. The van der Waals surface area contributed by atoms with Gasteiger partial charge in [0.1, 0.15) is 17.4 Å². The van der Waals surface area contributed by atoms with E-state index in [2.05, 4.69) is 6.07 Å². The number of nitrogens with zero attached hydrogens (tertiary/aromatic N) is 1. The Hall–Kier alpha value is -2.74. The lowest BCUT2D eigenvalue weighted by Crippen LogP contribution is -2.25. The van der Waals surface area contributed by atoms with Gasteiger partial charge >= 0.3 is 5.97 Å². The van der Waals surface area contributed by atoms with E-state index in [0.29, 0.717) is 11.3 Å². The van der Waals surface area contributed by atoms with Gasteiger partial charge in [-0.25, -0.2) is 4.79 Å². The summed E-state index contributed by atoms with van der Waals surface area (Å²) in [6, 6.07) is 7.89. The number of hydrogen-bond donors (Lipinski definition) is 1. The lowest BCUT2D eigenvalue weighted by Gasteiger charge is -2.27. The predicted octanol–water partition coefficient (Wildman–Crippen LogP) is 2.95. The van der Waals surface area contributed by atoms with Crippen molar-refractivity contribution in [2.24, 2.45) is 5.73 Å². The van der Waals surface area contributed by atoms with Crippen LogP contribution in [0.2, 0.25) is 0 Å². The lowest BCUT2D eigenvalue weighted by molar-refractivity contribution is -0.139. The first kappa shape index (κ1) is 16.6. The Morgan fingerprint density at radius 3 is 2.61 bits per heavy atom. The van der Waals surface area contributed by atoms with Crippen LogP contribution < -0.4 is 5.73 Å². The first-order chi connectivity index (χ1) is 10.9. The maximum Gasteiger partial charge on any atom is 0.338 e. The highest BCUT2D eigenvalue weighted by molar-refractivity contribution is 5.92. The minimum atomic E-state index is -0.577. The number of carbonyl (C=O) groups is 1. The van der Waals surface area contributed by atoms with Gasteiger partial charge in [-0.2, -0.15) is 5.26 Å². The fourth-order valence-electron chi connectivity index (χ4n) is 2.63. The molecule has 2 rings (SSSR count). The molecular weight excluding hydrogens is 292 g/mol. The highest BCUT2D eigenvalue weighted by Gasteiger charge is 2.36. The molecule has 2 N–H and O–H groups in total. The Morgan fingerprint density at radius 2 is 2.04 bits per heavy atom. The molecule has 0 bridgehead atoms. The van der Waals surface area contributed by atoms with Gasteiger partial charge in [-0.1, -0.05) is 18.2 Å². The average Bonchev–Trinajstić information content (AvgIpc) is 2.49. The Kier molecular flexibility index (Phi) is 4.75. The minimum absolute atomic E-state index is 0.0290. The van der Waals surface area contributed by atoms with Crippen LogP contribution in [0, 0.1) is 25.2 Å². The molecule has 0 radical (unpaired) electrons. The van der Waals surface area contributed by atoms with Crippen LogP contribution >= 0.6 is 0 Å². The van der Waals surface area contributed by atoms with Gasteiger partial charge in [0.05, 0.1) is 18.1 Å². The third-order valence-electron chi connectivity index (χ3n) is 3.97. The molecular formula is C18H20N2O3. The van der Waals surface area contributed by atoms with Gasteiger partial charge in [0, 0.05) is 0 Å². The van der Waals surface area contributed by atoms with E-state index in [9.17, 15) is 10.1 Å². The van der Waals surface area contributed by atoms with Crippen molar-refractivity contribution in [3.8, 4) is 6.07 Å². The second-order valence-corrected chi connectivity index (χ2v) is 5.46. The van der Waals surface area contributed by atoms with Gasteiger partial charge in [0.25, 0.3) is 0 Å². The van der Waals surface area contributed by atoms with Gasteiger partial charge in [-0.3, -0.25) is 0 Å². The van der Waals surface area contributed by atoms with Crippen LogP contribution in [0.25, 0.3) is 0 Å². The van der Waals surface area contributed by atoms with Crippen molar-refractivity contribution in [3.05, 3.63) is 57.7 Å². The number of esters is 1. The number of carbonyl (C=O) groups excluding carboxylic acids is 1. The standard InChI is InChI=1S/C18H20N2O3/c1-5-22-18(21)15-12(4)23-17(20)14(9-19)16(15)13-7-6-10(2)11(3)8-13/h6-8,16H,5,20H2,1-4H3. The van der Waals surface area contributed by atoms with Crippen LogP contribution in [-0.4, -0.2) is 12.6 Å². The molecule has 1 aliphatic heterocycles. The molecule has 0 amide bonds. The van der Waals surface area contributed by atoms with E-state index < -0.39 is 11.9 Å². The summed E-state index contributed by atoms with van der Waals surface area (Å²) in [5.41, 5.74) is 9.43. The number of nitriles is 1. The number of rotatable bonds is 3. The van der Waals surface area contributed by atoms with E-state index >= 15 is 0 Å². The summed E-state index contributed by atoms with van der Waals surface area (Å²) in [5.74, 6) is -0.676. The highest BCUT2D eigenvalue weighted by atomic mass is 16.5. The molecule has 0 fully saturated rings. The van der Waals surface area contributed by atoms with E-state index in [4.69, 9.17) is 15.2 Å². The maximum atomic E-state index is 12.4. The van der Waals surface area contributed by atoms with Crippen LogP contribution in [0.15, 0.2) is 41.0 Å². The number of ether oxygens (including phenoxy) is 2. The quantitative estimate of drug-likeness (QED) is 0.867. The van der Waals surface area contributed by atoms with Crippen LogP contribution in [-0.2, 0) is 14.3 Å². The van der Waals surface area contributed by atoms with Gasteiger partial charge in [-0.15, -0.1) is 0 Å². The largest absolute Gasteiger partial charge is 0.463 e. The Morgan fingerprint density at radius 1 is 1.35 bits per heavy atom. The van der Waals surface area contributed by atoms with Crippen molar-refractivity contribution in [2.75, 3.05) is 6.61 Å². The molecule has 5 heteroatoms. The third kappa shape index (κ3) is 3.07. The van der Waals surface area contributed by atoms with E-state index in [0.717, 1.165) is 16.7 Å². The third-order valence-corrected chi connectivity index (χ3v) is 3.97. The predicted molar refractivity (Wildman–Crippen MR) is 85.9 cm³/mol. The fourth-order valence-corrected chi connectivity index (χ4v) is 2.63. The first-order valence-corrected chi connectivity index (χ1v) is 7.43. The van der Waals surface area contributed by atoms with Gasteiger partial charge in [-0.05, 0) is 44.4 Å². The second-order valence-electron chi connectivity index (χ2n) is 5.46. The molecule has 1 heterocycles. The van der Waals surface area contributed by atoms with E-state index in [1.807, 2.05) is 32.0 Å². The summed E-state index contributed by atoms with van der Waals surface area (Å²) in [6.07, 6.45) is 0. The molecule has 1 aromatic rings. The zero-order valence-corrected chi connectivity index (χ0v) is 13.8. The van der Waals surface area contributed by atoms with Crippen LogP contribution in [0.3, 0.4) is 0 Å². The average molecular weight is 312 g/mol.